The fourth-order valence-corrected chi connectivity index (χ4v) is 5.20. The number of halogens is 2. The van der Waals surface area contributed by atoms with Gasteiger partial charge >= 0.3 is 6.55 Å². The second-order valence-electron chi connectivity index (χ2n) is 9.90. The average Bonchev–Trinajstić information content (AvgIpc) is 3.66. The molecule has 1 aromatic carbocycles. The first-order valence-electron chi connectivity index (χ1n) is 13.2. The van der Waals surface area contributed by atoms with Gasteiger partial charge in [-0.25, -0.2) is 4.98 Å². The minimum atomic E-state index is -2.89. The summed E-state index contributed by atoms with van der Waals surface area (Å²) >= 11 is 0. The number of hydrogen-bond donors (Lipinski definition) is 0. The fraction of sp³-hybridized carbons (Fsp3) is 0.370. The van der Waals surface area contributed by atoms with Crippen LogP contribution in [0.15, 0.2) is 53.1 Å². The molecule has 1 atom stereocenters. The summed E-state index contributed by atoms with van der Waals surface area (Å²) < 4.78 is 32.2. The van der Waals surface area contributed by atoms with E-state index in [1.54, 1.807) is 28.1 Å². The number of carbonyl (C=O) groups excluding carboxylic acids is 2. The lowest BCUT2D eigenvalue weighted by molar-refractivity contribution is -0.129. The Bertz CT molecular complexity index is 1550. The van der Waals surface area contributed by atoms with Crippen LogP contribution in [0, 0.1) is 0 Å². The monoisotopic (exact) mass is 563 g/mol. The zero-order valence-corrected chi connectivity index (χ0v) is 22.2. The zero-order chi connectivity index (χ0) is 28.5. The number of aromatic nitrogens is 6. The molecule has 5 heterocycles. The Hall–Kier alpha value is -4.59. The van der Waals surface area contributed by atoms with E-state index < -0.39 is 12.6 Å². The normalized spacial score (nSPS) is 16.6. The number of rotatable bonds is 6. The molecule has 14 heteroatoms. The van der Waals surface area contributed by atoms with Gasteiger partial charge in [-0.3, -0.25) is 19.5 Å². The van der Waals surface area contributed by atoms with Gasteiger partial charge in [-0.2, -0.15) is 8.78 Å². The molecule has 12 nitrogen and oxygen atoms in total. The van der Waals surface area contributed by atoms with Gasteiger partial charge in [0.15, 0.2) is 5.82 Å². The Balaban J connectivity index is 1.16. The van der Waals surface area contributed by atoms with Gasteiger partial charge in [0.25, 0.3) is 5.91 Å². The van der Waals surface area contributed by atoms with E-state index in [2.05, 4.69) is 30.3 Å². The molecule has 2 amide bonds. The maximum Gasteiger partial charge on any atom is 0.350 e. The maximum absolute atomic E-state index is 13.4. The van der Waals surface area contributed by atoms with Crippen molar-refractivity contribution in [2.45, 2.75) is 32.5 Å². The molecule has 1 saturated heterocycles. The van der Waals surface area contributed by atoms with Gasteiger partial charge in [0.2, 0.25) is 11.8 Å². The van der Waals surface area contributed by atoms with E-state index in [-0.39, 0.29) is 23.3 Å². The van der Waals surface area contributed by atoms with E-state index in [1.165, 1.54) is 6.92 Å². The number of carbonyl (C=O) groups is 2. The molecular weight excluding hydrogens is 536 g/mol. The van der Waals surface area contributed by atoms with Crippen LogP contribution < -0.4 is 0 Å². The predicted molar refractivity (Wildman–Crippen MR) is 139 cm³/mol. The summed E-state index contributed by atoms with van der Waals surface area (Å²) in [6.45, 7) is 1.34. The maximum atomic E-state index is 13.4. The van der Waals surface area contributed by atoms with Crippen molar-refractivity contribution in [3.05, 3.63) is 77.2 Å². The molecule has 0 aliphatic carbocycles. The molecule has 0 N–H and O–H groups in total. The topological polar surface area (TPSA) is 126 Å². The van der Waals surface area contributed by atoms with Crippen LogP contribution in [0.2, 0.25) is 0 Å². The van der Waals surface area contributed by atoms with Crippen LogP contribution in [-0.4, -0.2) is 89.4 Å². The Kier molecular flexibility index (Phi) is 7.22. The van der Waals surface area contributed by atoms with Crippen molar-refractivity contribution in [3.8, 4) is 11.5 Å². The van der Waals surface area contributed by atoms with E-state index in [1.807, 2.05) is 30.3 Å². The number of piperazine rings is 1. The van der Waals surface area contributed by atoms with E-state index in [0.717, 1.165) is 17.0 Å². The molecule has 0 bridgehead atoms. The van der Waals surface area contributed by atoms with Crippen LogP contribution in [0.25, 0.3) is 11.5 Å². The van der Waals surface area contributed by atoms with Crippen LogP contribution in [-0.2, 0) is 17.8 Å². The van der Waals surface area contributed by atoms with E-state index >= 15 is 0 Å². The molecule has 0 unspecified atom stereocenters. The highest BCUT2D eigenvalue weighted by molar-refractivity contribution is 5.93. The van der Waals surface area contributed by atoms with Crippen molar-refractivity contribution in [2.24, 2.45) is 0 Å². The number of pyridine rings is 1. The number of nitrogens with zero attached hydrogens (tertiary/aromatic N) is 9. The number of amides is 2. The predicted octanol–water partition coefficient (Wildman–Crippen LogP) is 2.57. The Labute approximate surface area is 233 Å². The van der Waals surface area contributed by atoms with Gasteiger partial charge < -0.3 is 14.2 Å². The SMILES string of the molecule is CC(=O)N1CCc2oc(-c3ccnc(C(=O)N4CCN([C@@H](c5ccccc5)c5nnn(C(F)F)n5)CC4)c3)nc2C1. The number of alkyl halides is 2. The quantitative estimate of drug-likeness (QED) is 0.348. The molecule has 6 rings (SSSR count). The first-order valence-corrected chi connectivity index (χ1v) is 13.2. The highest BCUT2D eigenvalue weighted by Crippen LogP contribution is 2.29. The lowest BCUT2D eigenvalue weighted by Gasteiger charge is -2.38. The second-order valence-corrected chi connectivity index (χ2v) is 9.90. The van der Waals surface area contributed by atoms with Crippen LogP contribution in [0.3, 0.4) is 0 Å². The van der Waals surface area contributed by atoms with E-state index in [9.17, 15) is 18.4 Å². The molecule has 2 aliphatic heterocycles. The molecule has 2 aliphatic rings. The Morgan fingerprint density at radius 3 is 2.49 bits per heavy atom. The molecule has 212 valence electrons. The molecule has 1 fully saturated rings. The van der Waals surface area contributed by atoms with Gasteiger partial charge in [-0.05, 0) is 22.9 Å². The van der Waals surface area contributed by atoms with Crippen molar-refractivity contribution in [1.82, 2.24) is 44.9 Å². The van der Waals surface area contributed by atoms with Gasteiger partial charge in [-0.1, -0.05) is 35.1 Å². The van der Waals surface area contributed by atoms with E-state index in [4.69, 9.17) is 4.42 Å². The summed E-state index contributed by atoms with van der Waals surface area (Å²) in [6.07, 6.45) is 2.13. The average molecular weight is 564 g/mol. The summed E-state index contributed by atoms with van der Waals surface area (Å²) in [7, 11) is 0. The molecule has 0 saturated carbocycles. The summed E-state index contributed by atoms with van der Waals surface area (Å²) in [6, 6.07) is 12.3. The molecule has 4 aromatic rings. The molecule has 0 spiro atoms. The third-order valence-electron chi connectivity index (χ3n) is 7.34. The van der Waals surface area contributed by atoms with Crippen molar-refractivity contribution < 1.29 is 22.8 Å². The molecule has 0 radical (unpaired) electrons. The first kappa shape index (κ1) is 26.6. The standard InChI is InChI=1S/C27H27F2N9O3/c1-17(39)37-10-8-22-21(16-37)31-25(41-22)19-7-9-30-20(15-19)26(40)36-13-11-35(12-14-36)23(18-5-3-2-4-6-18)24-32-34-38(33-24)27(28)29/h2-7,9,15,23,27H,8,10-14,16H2,1H3/t23-/m0/s1. The van der Waals surface area contributed by atoms with Gasteiger partial charge in [-0.15, -0.1) is 10.2 Å². The van der Waals surface area contributed by atoms with Crippen molar-refractivity contribution in [2.75, 3.05) is 32.7 Å². The minimum absolute atomic E-state index is 0.0112. The summed E-state index contributed by atoms with van der Waals surface area (Å²) in [5, 5.41) is 11.3. The fourth-order valence-electron chi connectivity index (χ4n) is 5.20. The van der Waals surface area contributed by atoms with Crippen LogP contribution in [0.5, 0.6) is 0 Å². The van der Waals surface area contributed by atoms with Crippen molar-refractivity contribution >= 4 is 11.8 Å². The largest absolute Gasteiger partial charge is 0.441 e. The highest BCUT2D eigenvalue weighted by Gasteiger charge is 2.32. The molecular formula is C27H27F2N9O3. The van der Waals surface area contributed by atoms with Gasteiger partial charge in [0, 0.05) is 57.8 Å². The zero-order valence-electron chi connectivity index (χ0n) is 22.2. The number of benzene rings is 1. The third-order valence-corrected chi connectivity index (χ3v) is 7.34. The molecule has 41 heavy (non-hydrogen) atoms. The first-order chi connectivity index (χ1) is 19.9. The third kappa shape index (κ3) is 5.42. The van der Waals surface area contributed by atoms with Crippen LogP contribution in [0.1, 0.15) is 52.8 Å². The number of hydrogen-bond acceptors (Lipinski definition) is 9. The summed E-state index contributed by atoms with van der Waals surface area (Å²) in [5.41, 5.74) is 2.45. The smallest absolute Gasteiger partial charge is 0.350 e. The lowest BCUT2D eigenvalue weighted by atomic mass is 10.0. The van der Waals surface area contributed by atoms with Crippen molar-refractivity contribution in [1.29, 1.82) is 0 Å². The van der Waals surface area contributed by atoms with Crippen LogP contribution in [0.4, 0.5) is 8.78 Å². The highest BCUT2D eigenvalue weighted by atomic mass is 19.3. The molecule has 3 aromatic heterocycles. The second kappa shape index (κ2) is 11.1. The summed E-state index contributed by atoms with van der Waals surface area (Å²) in [5.74, 6) is 1.06. The van der Waals surface area contributed by atoms with E-state index in [0.29, 0.717) is 61.9 Å². The Morgan fingerprint density at radius 1 is 1.00 bits per heavy atom. The summed E-state index contributed by atoms with van der Waals surface area (Å²) in [4.78, 5) is 39.8. The van der Waals surface area contributed by atoms with Crippen molar-refractivity contribution in [3.63, 3.8) is 0 Å². The minimum Gasteiger partial charge on any atom is -0.441 e. The van der Waals surface area contributed by atoms with Gasteiger partial charge in [0.05, 0.1) is 12.6 Å². The number of oxazole rings is 1. The number of fused-ring (bicyclic) bond motifs is 1. The van der Waals surface area contributed by atoms with Crippen LogP contribution >= 0.6 is 0 Å². The Morgan fingerprint density at radius 2 is 1.78 bits per heavy atom. The van der Waals surface area contributed by atoms with Gasteiger partial charge in [0.1, 0.15) is 17.1 Å². The lowest BCUT2D eigenvalue weighted by Crippen LogP contribution is -2.50. The number of tetrazole rings is 1.